The first-order valence-electron chi connectivity index (χ1n) is 21.6. The molecule has 4 heterocycles. The maximum absolute atomic E-state index is 11.1. The van der Waals surface area contributed by atoms with Crippen LogP contribution in [0.15, 0.2) is 211 Å². The number of hydrogen-bond donors (Lipinski definition) is 0. The van der Waals surface area contributed by atoms with E-state index in [0.717, 1.165) is 99.2 Å². The lowest BCUT2D eigenvalue weighted by atomic mass is 9.99. The summed E-state index contributed by atoms with van der Waals surface area (Å²) >= 11 is 0. The summed E-state index contributed by atoms with van der Waals surface area (Å²) in [5, 5.41) is 17.6. The third-order valence-electron chi connectivity index (χ3n) is 12.6. The zero-order valence-corrected chi connectivity index (χ0v) is 34.7. The molecule has 0 unspecified atom stereocenters. The van der Waals surface area contributed by atoms with E-state index in [2.05, 4.69) is 137 Å². The molecule has 0 saturated carbocycles. The third-order valence-corrected chi connectivity index (χ3v) is 12.6. The number of benzene rings is 9. The second-order valence-electron chi connectivity index (χ2n) is 16.3. The van der Waals surface area contributed by atoms with Gasteiger partial charge < -0.3 is 13.6 Å². The van der Waals surface area contributed by atoms with E-state index in [0.29, 0.717) is 28.6 Å². The molecule has 13 aromatic rings. The van der Waals surface area contributed by atoms with Crippen LogP contribution in [0.4, 0.5) is 0 Å². The Kier molecular flexibility index (Phi) is 8.14. The molecule has 0 spiro atoms. The molecule has 13 rings (SSSR count). The summed E-state index contributed by atoms with van der Waals surface area (Å²) in [4.78, 5) is 15.6. The van der Waals surface area contributed by atoms with Gasteiger partial charge in [0, 0.05) is 54.7 Å². The number of fused-ring (bicyclic) bond motifs is 10. The van der Waals surface area contributed by atoms with Crippen LogP contribution in [-0.2, 0) is 0 Å². The molecule has 9 aromatic carbocycles. The molecule has 0 radical (unpaired) electrons. The van der Waals surface area contributed by atoms with Gasteiger partial charge in [-0.1, -0.05) is 133 Å². The van der Waals surface area contributed by atoms with E-state index in [1.165, 1.54) is 0 Å². The smallest absolute Gasteiger partial charge is 0.164 e. The number of para-hydroxylation sites is 4. The normalized spacial score (nSPS) is 11.7. The third kappa shape index (κ3) is 5.71. The second kappa shape index (κ2) is 14.5. The lowest BCUT2D eigenvalue weighted by Crippen LogP contribution is -2.03. The molecule has 0 bridgehead atoms. The van der Waals surface area contributed by atoms with Crippen molar-refractivity contribution < 1.29 is 4.42 Å². The molecular formula is C58H34N6O. The molecule has 302 valence electrons. The van der Waals surface area contributed by atoms with Crippen LogP contribution in [0, 0.1) is 11.3 Å². The van der Waals surface area contributed by atoms with Crippen LogP contribution in [0.1, 0.15) is 5.56 Å². The van der Waals surface area contributed by atoms with Gasteiger partial charge in [0.25, 0.3) is 0 Å². The lowest BCUT2D eigenvalue weighted by Gasteiger charge is -2.14. The summed E-state index contributed by atoms with van der Waals surface area (Å²) in [7, 11) is 0. The number of aromatic nitrogens is 5. The Morgan fingerprint density at radius 3 is 1.78 bits per heavy atom. The van der Waals surface area contributed by atoms with Crippen molar-refractivity contribution in [1.29, 1.82) is 5.26 Å². The van der Waals surface area contributed by atoms with Crippen LogP contribution in [0.5, 0.6) is 0 Å². The van der Waals surface area contributed by atoms with Crippen LogP contribution in [0.2, 0.25) is 0 Å². The highest BCUT2D eigenvalue weighted by Crippen LogP contribution is 2.43. The quantitative estimate of drug-likeness (QED) is 0.167. The van der Waals surface area contributed by atoms with Crippen molar-refractivity contribution in [2.75, 3.05) is 0 Å². The monoisotopic (exact) mass is 830 g/mol. The second-order valence-corrected chi connectivity index (χ2v) is 16.3. The summed E-state index contributed by atoms with van der Waals surface area (Å²) in [5.41, 5.74) is 12.7. The lowest BCUT2D eigenvalue weighted by molar-refractivity contribution is 0.669. The molecule has 0 aliphatic heterocycles. The highest BCUT2D eigenvalue weighted by molar-refractivity contribution is 6.26. The molecule has 0 aliphatic rings. The highest BCUT2D eigenvalue weighted by Gasteiger charge is 2.23. The Balaban J connectivity index is 1.04. The molecule has 0 saturated heterocycles. The van der Waals surface area contributed by atoms with Crippen LogP contribution >= 0.6 is 0 Å². The fourth-order valence-electron chi connectivity index (χ4n) is 9.74. The first-order chi connectivity index (χ1) is 32.2. The Morgan fingerprint density at radius 2 is 1.00 bits per heavy atom. The van der Waals surface area contributed by atoms with Crippen molar-refractivity contribution in [3.8, 4) is 62.7 Å². The minimum atomic E-state index is 0.462. The topological polar surface area (TPSA) is 85.5 Å². The van der Waals surface area contributed by atoms with Gasteiger partial charge in [-0.3, -0.25) is 0 Å². The average molecular weight is 831 g/mol. The molecule has 7 nitrogen and oxygen atoms in total. The zero-order valence-electron chi connectivity index (χ0n) is 34.7. The molecular weight excluding hydrogens is 797 g/mol. The van der Waals surface area contributed by atoms with Crippen molar-refractivity contribution >= 4 is 65.6 Å². The largest absolute Gasteiger partial charge is 0.456 e. The first kappa shape index (κ1) is 36.5. The summed E-state index contributed by atoms with van der Waals surface area (Å²) in [5.74, 6) is 1.51. The van der Waals surface area contributed by atoms with E-state index in [9.17, 15) is 5.26 Å². The molecule has 0 fully saturated rings. The molecule has 0 atom stereocenters. The molecule has 7 heteroatoms. The van der Waals surface area contributed by atoms with Gasteiger partial charge in [0.15, 0.2) is 17.5 Å². The van der Waals surface area contributed by atoms with Crippen LogP contribution in [0.3, 0.4) is 0 Å². The van der Waals surface area contributed by atoms with Gasteiger partial charge in [-0.2, -0.15) is 5.26 Å². The minimum absolute atomic E-state index is 0.462. The average Bonchev–Trinajstić information content (AvgIpc) is 4.04. The van der Waals surface area contributed by atoms with Gasteiger partial charge in [-0.15, -0.1) is 0 Å². The van der Waals surface area contributed by atoms with Crippen molar-refractivity contribution in [1.82, 2.24) is 24.1 Å². The fraction of sp³-hybridized carbons (Fsp3) is 0. The Labute approximate surface area is 372 Å². The van der Waals surface area contributed by atoms with E-state index in [4.69, 9.17) is 19.4 Å². The predicted octanol–water partition coefficient (Wildman–Crippen LogP) is 14.5. The molecule has 0 N–H and O–H groups in total. The standard InChI is InChI=1S/C58H34N6O/c59-35-39-33-37(27-30-48(39)64-49-24-12-9-20-42(49)44-29-31-51-54(55(44)64)46-23-10-13-25-50(46)63(51)40-17-5-2-6-18-40)56-60-57(38-28-32-53-47(34-38)43-21-11-14-26-52(43)65-53)62-58(61-56)45-22-8-7-19-41(45)36-15-3-1-4-16-36/h1-34H. The summed E-state index contributed by atoms with van der Waals surface area (Å²) in [6, 6.07) is 73.2. The Morgan fingerprint density at radius 1 is 0.400 bits per heavy atom. The van der Waals surface area contributed by atoms with Crippen molar-refractivity contribution in [2.45, 2.75) is 0 Å². The van der Waals surface area contributed by atoms with Gasteiger partial charge in [-0.25, -0.2) is 15.0 Å². The number of nitrogens with zero attached hydrogens (tertiary/aromatic N) is 6. The fourth-order valence-corrected chi connectivity index (χ4v) is 9.74. The van der Waals surface area contributed by atoms with E-state index < -0.39 is 0 Å². The van der Waals surface area contributed by atoms with Crippen molar-refractivity contribution in [2.24, 2.45) is 0 Å². The van der Waals surface area contributed by atoms with E-state index in [1.807, 2.05) is 84.9 Å². The van der Waals surface area contributed by atoms with Gasteiger partial charge >= 0.3 is 0 Å². The molecule has 65 heavy (non-hydrogen) atoms. The summed E-state index contributed by atoms with van der Waals surface area (Å²) in [6.45, 7) is 0. The van der Waals surface area contributed by atoms with Crippen molar-refractivity contribution in [3.63, 3.8) is 0 Å². The molecule has 4 aromatic heterocycles. The summed E-state index contributed by atoms with van der Waals surface area (Å²) < 4.78 is 10.8. The van der Waals surface area contributed by atoms with E-state index in [1.54, 1.807) is 0 Å². The van der Waals surface area contributed by atoms with Crippen LogP contribution < -0.4 is 0 Å². The maximum Gasteiger partial charge on any atom is 0.164 e. The van der Waals surface area contributed by atoms with Gasteiger partial charge in [0.1, 0.15) is 17.2 Å². The minimum Gasteiger partial charge on any atom is -0.456 e. The van der Waals surface area contributed by atoms with Gasteiger partial charge in [-0.05, 0) is 83.9 Å². The number of furan rings is 1. The number of hydrogen-bond acceptors (Lipinski definition) is 5. The number of rotatable bonds is 6. The van der Waals surface area contributed by atoms with E-state index >= 15 is 0 Å². The Bertz CT molecular complexity index is 4080. The SMILES string of the molecule is N#Cc1cc(-c2nc(-c3ccc4oc5ccccc5c4c3)nc(-c3ccccc3-c3ccccc3)n2)ccc1-n1c2ccccc2c2ccc3c(c4ccccc4n3-c3ccccc3)c21. The molecule has 0 amide bonds. The van der Waals surface area contributed by atoms with Crippen molar-refractivity contribution in [3.05, 3.63) is 212 Å². The predicted molar refractivity (Wildman–Crippen MR) is 262 cm³/mol. The number of nitriles is 1. The van der Waals surface area contributed by atoms with E-state index in [-0.39, 0.29) is 0 Å². The van der Waals surface area contributed by atoms with Crippen LogP contribution in [-0.4, -0.2) is 24.1 Å². The highest BCUT2D eigenvalue weighted by atomic mass is 16.3. The van der Waals surface area contributed by atoms with Gasteiger partial charge in [0.05, 0.1) is 33.3 Å². The van der Waals surface area contributed by atoms with Crippen LogP contribution in [0.25, 0.3) is 122 Å². The molecule has 0 aliphatic carbocycles. The van der Waals surface area contributed by atoms with Gasteiger partial charge in [0.2, 0.25) is 0 Å². The maximum atomic E-state index is 11.1. The summed E-state index contributed by atoms with van der Waals surface area (Å²) in [6.07, 6.45) is 0. The Hall–Kier alpha value is -9.12. The first-order valence-corrected chi connectivity index (χ1v) is 21.6. The zero-order chi connectivity index (χ0) is 43.0.